The molecule has 0 bridgehead atoms. The molecule has 2 aliphatic heterocycles. The van der Waals surface area contributed by atoms with Crippen LogP contribution in [-0.2, 0) is 9.53 Å². The van der Waals surface area contributed by atoms with Gasteiger partial charge >= 0.3 is 0 Å². The molecule has 138 valence electrons. The molecule has 0 aromatic heterocycles. The number of anilines is 1. The summed E-state index contributed by atoms with van der Waals surface area (Å²) in [6.07, 6.45) is 1.84. The largest absolute Gasteiger partial charge is 0.378 e. The quantitative estimate of drug-likeness (QED) is 0.824. The van der Waals surface area contributed by atoms with Gasteiger partial charge in [0.2, 0.25) is 0 Å². The van der Waals surface area contributed by atoms with E-state index in [9.17, 15) is 9.18 Å². The van der Waals surface area contributed by atoms with Crippen LogP contribution in [0.15, 0.2) is 58.4 Å². The number of benzene rings is 2. The summed E-state index contributed by atoms with van der Waals surface area (Å²) in [4.78, 5) is 19.4. The van der Waals surface area contributed by atoms with Crippen molar-refractivity contribution in [2.75, 3.05) is 31.2 Å². The zero-order valence-electron chi connectivity index (χ0n) is 14.5. The molecule has 2 aromatic rings. The average molecular weight is 383 g/mol. The van der Waals surface area contributed by atoms with Crippen molar-refractivity contribution in [1.29, 1.82) is 0 Å². The van der Waals surface area contributed by atoms with Crippen molar-refractivity contribution in [1.82, 2.24) is 5.32 Å². The van der Waals surface area contributed by atoms with Gasteiger partial charge in [0.15, 0.2) is 5.17 Å². The number of morpholine rings is 1. The molecule has 2 fully saturated rings. The first-order chi connectivity index (χ1) is 13.2. The number of amidine groups is 1. The lowest BCUT2D eigenvalue weighted by Crippen LogP contribution is -2.36. The number of amides is 1. The summed E-state index contributed by atoms with van der Waals surface area (Å²) in [6.45, 7) is 3.28. The van der Waals surface area contributed by atoms with Gasteiger partial charge < -0.3 is 15.0 Å². The first-order valence-corrected chi connectivity index (χ1v) is 9.47. The number of halogens is 1. The van der Waals surface area contributed by atoms with Crippen molar-refractivity contribution < 1.29 is 13.9 Å². The SMILES string of the molecule is O=C1NC(=Nc2ccc(F)cc2)S/C1=C/c1ccc(N2CCOCC2)cc1. The minimum absolute atomic E-state index is 0.182. The topological polar surface area (TPSA) is 53.9 Å². The Hall–Kier alpha value is -2.64. The van der Waals surface area contributed by atoms with Crippen LogP contribution in [-0.4, -0.2) is 37.4 Å². The summed E-state index contributed by atoms with van der Waals surface area (Å²) in [5, 5.41) is 3.23. The van der Waals surface area contributed by atoms with Gasteiger partial charge in [-0.1, -0.05) is 12.1 Å². The van der Waals surface area contributed by atoms with Crippen LogP contribution >= 0.6 is 11.8 Å². The number of rotatable bonds is 3. The summed E-state index contributed by atoms with van der Waals surface area (Å²) in [6, 6.07) is 13.9. The number of thioether (sulfide) groups is 1. The molecule has 2 aliphatic rings. The normalized spacial score (nSPS) is 20.3. The third kappa shape index (κ3) is 4.37. The smallest absolute Gasteiger partial charge is 0.264 e. The molecule has 2 saturated heterocycles. The summed E-state index contributed by atoms with van der Waals surface area (Å²) in [7, 11) is 0. The second-order valence-electron chi connectivity index (χ2n) is 6.15. The molecule has 0 saturated carbocycles. The van der Waals surface area contributed by atoms with Gasteiger partial charge in [0.25, 0.3) is 5.91 Å². The van der Waals surface area contributed by atoms with Gasteiger partial charge in [0.1, 0.15) is 5.82 Å². The van der Waals surface area contributed by atoms with Crippen molar-refractivity contribution in [2.24, 2.45) is 4.99 Å². The molecule has 0 spiro atoms. The van der Waals surface area contributed by atoms with E-state index in [2.05, 4.69) is 27.3 Å². The molecule has 27 heavy (non-hydrogen) atoms. The number of hydrogen-bond donors (Lipinski definition) is 1. The van der Waals surface area contributed by atoms with E-state index in [1.54, 1.807) is 12.1 Å². The van der Waals surface area contributed by atoms with Gasteiger partial charge in [0.05, 0.1) is 23.8 Å². The monoisotopic (exact) mass is 383 g/mol. The first kappa shape index (κ1) is 17.8. The maximum atomic E-state index is 13.0. The fraction of sp³-hybridized carbons (Fsp3) is 0.200. The van der Waals surface area contributed by atoms with Crippen LogP contribution in [0.2, 0.25) is 0 Å². The summed E-state index contributed by atoms with van der Waals surface area (Å²) < 4.78 is 18.3. The summed E-state index contributed by atoms with van der Waals surface area (Å²) in [5.41, 5.74) is 2.70. The number of nitrogens with zero attached hydrogens (tertiary/aromatic N) is 2. The fourth-order valence-corrected chi connectivity index (χ4v) is 3.71. The Bertz CT molecular complexity index is 888. The van der Waals surface area contributed by atoms with Gasteiger partial charge in [-0.3, -0.25) is 4.79 Å². The van der Waals surface area contributed by atoms with E-state index < -0.39 is 0 Å². The van der Waals surface area contributed by atoms with E-state index in [0.29, 0.717) is 15.8 Å². The maximum absolute atomic E-state index is 13.0. The molecule has 0 aliphatic carbocycles. The molecule has 7 heteroatoms. The molecule has 1 N–H and O–H groups in total. The molecule has 2 heterocycles. The molecular formula is C20H18FN3O2S. The van der Waals surface area contributed by atoms with Crippen LogP contribution < -0.4 is 10.2 Å². The lowest BCUT2D eigenvalue weighted by Gasteiger charge is -2.28. The third-order valence-electron chi connectivity index (χ3n) is 4.28. The van der Waals surface area contributed by atoms with Crippen LogP contribution in [0.3, 0.4) is 0 Å². The van der Waals surface area contributed by atoms with Crippen LogP contribution in [0.25, 0.3) is 6.08 Å². The van der Waals surface area contributed by atoms with Crippen molar-refractivity contribution in [3.05, 3.63) is 64.8 Å². The molecule has 0 radical (unpaired) electrons. The molecule has 5 nitrogen and oxygen atoms in total. The minimum atomic E-state index is -0.317. The van der Waals surface area contributed by atoms with Crippen molar-refractivity contribution in [2.45, 2.75) is 0 Å². The van der Waals surface area contributed by atoms with Gasteiger partial charge in [0, 0.05) is 18.8 Å². The van der Waals surface area contributed by atoms with Crippen LogP contribution in [0.5, 0.6) is 0 Å². The highest BCUT2D eigenvalue weighted by atomic mass is 32.2. The van der Waals surface area contributed by atoms with Crippen LogP contribution in [0, 0.1) is 5.82 Å². The van der Waals surface area contributed by atoms with Crippen molar-refractivity contribution >= 4 is 40.3 Å². The second kappa shape index (κ2) is 7.94. The molecule has 0 atom stereocenters. The van der Waals surface area contributed by atoms with E-state index in [-0.39, 0.29) is 11.7 Å². The molecule has 0 unspecified atom stereocenters. The van der Waals surface area contributed by atoms with Gasteiger partial charge in [-0.15, -0.1) is 0 Å². The van der Waals surface area contributed by atoms with Crippen LogP contribution in [0.1, 0.15) is 5.56 Å². The zero-order valence-corrected chi connectivity index (χ0v) is 15.3. The first-order valence-electron chi connectivity index (χ1n) is 8.65. The highest BCUT2D eigenvalue weighted by molar-refractivity contribution is 8.18. The van der Waals surface area contributed by atoms with E-state index in [0.717, 1.165) is 37.6 Å². The number of nitrogens with one attached hydrogen (secondary N) is 1. The third-order valence-corrected chi connectivity index (χ3v) is 5.19. The van der Waals surface area contributed by atoms with E-state index >= 15 is 0 Å². The Morgan fingerprint density at radius 2 is 1.78 bits per heavy atom. The highest BCUT2D eigenvalue weighted by Crippen LogP contribution is 2.28. The predicted octanol–water partition coefficient (Wildman–Crippen LogP) is 3.55. The standard InChI is InChI=1S/C20H18FN3O2S/c21-15-3-5-16(6-4-15)22-20-23-19(25)18(27-20)13-14-1-7-17(8-2-14)24-9-11-26-12-10-24/h1-8,13H,9-12H2,(H,22,23,25)/b18-13+. The highest BCUT2D eigenvalue weighted by Gasteiger charge is 2.23. The average Bonchev–Trinajstić information content (AvgIpc) is 3.04. The van der Waals surface area contributed by atoms with Gasteiger partial charge in [-0.2, -0.15) is 0 Å². The molecular weight excluding hydrogens is 365 g/mol. The predicted molar refractivity (Wildman–Crippen MR) is 107 cm³/mol. The number of carbonyl (C=O) groups excluding carboxylic acids is 1. The Labute approximate surface area is 160 Å². The number of ether oxygens (including phenoxy) is 1. The zero-order chi connectivity index (χ0) is 18.6. The second-order valence-corrected chi connectivity index (χ2v) is 7.18. The lowest BCUT2D eigenvalue weighted by molar-refractivity contribution is -0.115. The van der Waals surface area contributed by atoms with Gasteiger partial charge in [-0.05, 0) is 59.8 Å². The van der Waals surface area contributed by atoms with Crippen molar-refractivity contribution in [3.8, 4) is 0 Å². The van der Waals surface area contributed by atoms with E-state index in [1.165, 1.54) is 23.9 Å². The number of hydrogen-bond acceptors (Lipinski definition) is 5. The minimum Gasteiger partial charge on any atom is -0.378 e. The maximum Gasteiger partial charge on any atom is 0.264 e. The molecule has 1 amide bonds. The Morgan fingerprint density at radius 3 is 2.48 bits per heavy atom. The van der Waals surface area contributed by atoms with E-state index in [1.807, 2.05) is 18.2 Å². The Kier molecular flexibility index (Phi) is 5.22. The summed E-state index contributed by atoms with van der Waals surface area (Å²) in [5.74, 6) is -0.499. The van der Waals surface area contributed by atoms with Crippen molar-refractivity contribution in [3.63, 3.8) is 0 Å². The Morgan fingerprint density at radius 1 is 1.07 bits per heavy atom. The Balaban J connectivity index is 1.47. The van der Waals surface area contributed by atoms with Crippen LogP contribution in [0.4, 0.5) is 15.8 Å². The van der Waals surface area contributed by atoms with E-state index in [4.69, 9.17) is 4.74 Å². The molecule has 2 aromatic carbocycles. The summed E-state index contributed by atoms with van der Waals surface area (Å²) >= 11 is 1.27. The van der Waals surface area contributed by atoms with Gasteiger partial charge in [-0.25, -0.2) is 9.38 Å². The number of carbonyl (C=O) groups is 1. The number of aliphatic imine (C=N–C) groups is 1. The lowest BCUT2D eigenvalue weighted by atomic mass is 10.1. The fourth-order valence-electron chi connectivity index (χ4n) is 2.87. The molecule has 4 rings (SSSR count).